The molecule has 3 rings (SSSR count). The summed E-state index contributed by atoms with van der Waals surface area (Å²) in [5.74, 6) is 0.479. The molecule has 0 saturated heterocycles. The van der Waals surface area contributed by atoms with Gasteiger partial charge in [0.2, 0.25) is 5.95 Å². The molecule has 0 aliphatic rings. The van der Waals surface area contributed by atoms with Gasteiger partial charge in [-0.2, -0.15) is 0 Å². The number of halogens is 1. The van der Waals surface area contributed by atoms with Crippen LogP contribution in [-0.4, -0.2) is 27.1 Å². The fourth-order valence-corrected chi connectivity index (χ4v) is 3.12. The van der Waals surface area contributed by atoms with Crippen molar-refractivity contribution in [3.8, 4) is 11.3 Å². The van der Waals surface area contributed by atoms with E-state index in [2.05, 4.69) is 15.3 Å². The van der Waals surface area contributed by atoms with Crippen molar-refractivity contribution in [3.05, 3.63) is 75.3 Å². The van der Waals surface area contributed by atoms with Gasteiger partial charge in [-0.3, -0.25) is 14.3 Å². The molecule has 3 aromatic rings. The zero-order valence-corrected chi connectivity index (χ0v) is 16.1. The van der Waals surface area contributed by atoms with E-state index < -0.39 is 0 Å². The molecule has 2 heterocycles. The quantitative estimate of drug-likeness (QED) is 0.683. The monoisotopic (exact) mass is 383 g/mol. The number of anilines is 1. The van der Waals surface area contributed by atoms with E-state index in [4.69, 9.17) is 17.3 Å². The van der Waals surface area contributed by atoms with Gasteiger partial charge in [-0.15, -0.1) is 0 Å². The molecule has 0 aliphatic heterocycles. The van der Waals surface area contributed by atoms with Crippen LogP contribution in [0.4, 0.5) is 5.95 Å². The molecule has 0 saturated carbocycles. The fraction of sp³-hybridized carbons (Fsp3) is 0.250. The van der Waals surface area contributed by atoms with Gasteiger partial charge in [0.25, 0.3) is 5.56 Å². The molecule has 6 nitrogen and oxygen atoms in total. The number of nitrogens with two attached hydrogens (primary N) is 1. The van der Waals surface area contributed by atoms with Gasteiger partial charge in [-0.25, -0.2) is 4.98 Å². The van der Waals surface area contributed by atoms with Crippen LogP contribution >= 0.6 is 11.6 Å². The Morgan fingerprint density at radius 1 is 1.22 bits per heavy atom. The number of benzene rings is 1. The van der Waals surface area contributed by atoms with Crippen LogP contribution in [0.15, 0.2) is 53.6 Å². The van der Waals surface area contributed by atoms with E-state index in [9.17, 15) is 4.79 Å². The number of nitrogens with one attached hydrogen (secondary N) is 1. The highest BCUT2D eigenvalue weighted by atomic mass is 35.5. The molecule has 0 bridgehead atoms. The van der Waals surface area contributed by atoms with Crippen molar-refractivity contribution < 1.29 is 0 Å². The summed E-state index contributed by atoms with van der Waals surface area (Å²) >= 11 is 6.20. The highest BCUT2D eigenvalue weighted by Crippen LogP contribution is 2.20. The van der Waals surface area contributed by atoms with Gasteiger partial charge in [0.15, 0.2) is 0 Å². The van der Waals surface area contributed by atoms with Crippen LogP contribution in [0.1, 0.15) is 11.1 Å². The van der Waals surface area contributed by atoms with Gasteiger partial charge >= 0.3 is 0 Å². The molecule has 140 valence electrons. The van der Waals surface area contributed by atoms with E-state index in [1.54, 1.807) is 26.4 Å². The zero-order valence-electron chi connectivity index (χ0n) is 15.3. The molecule has 1 unspecified atom stereocenters. The minimum Gasteiger partial charge on any atom is -0.354 e. The predicted octanol–water partition coefficient (Wildman–Crippen LogP) is 2.79. The first-order chi connectivity index (χ1) is 13.0. The lowest BCUT2D eigenvalue weighted by Crippen LogP contribution is -2.34. The Kier molecular flexibility index (Phi) is 5.88. The number of aromatic nitrogens is 3. The maximum atomic E-state index is 12.6. The molecule has 1 atom stereocenters. The molecule has 0 fully saturated rings. The second-order valence-electron chi connectivity index (χ2n) is 6.45. The molecule has 0 amide bonds. The first-order valence-corrected chi connectivity index (χ1v) is 9.06. The van der Waals surface area contributed by atoms with Crippen LogP contribution in [0, 0.1) is 6.92 Å². The van der Waals surface area contributed by atoms with E-state index in [0.717, 1.165) is 11.1 Å². The van der Waals surface area contributed by atoms with Crippen LogP contribution < -0.4 is 16.6 Å². The molecular weight excluding hydrogens is 362 g/mol. The molecule has 27 heavy (non-hydrogen) atoms. The standard InChI is InChI=1S/C20H22ClN5O/c1-13-18(14-7-9-23-10-8-14)25-20(26(2)19(13)27)24-12-16(22)11-15-5-3-4-6-17(15)21/h3-10,16H,11-12,22H2,1-2H3,(H,24,25). The SMILES string of the molecule is Cc1c(-c2ccncc2)nc(NCC(N)Cc2ccccc2Cl)n(C)c1=O. The second kappa shape index (κ2) is 8.33. The van der Waals surface area contributed by atoms with Crippen molar-refractivity contribution in [1.82, 2.24) is 14.5 Å². The van der Waals surface area contributed by atoms with Crippen molar-refractivity contribution >= 4 is 17.5 Å². The topological polar surface area (TPSA) is 85.8 Å². The average Bonchev–Trinajstić information content (AvgIpc) is 2.68. The second-order valence-corrected chi connectivity index (χ2v) is 6.85. The van der Waals surface area contributed by atoms with Gasteiger partial charge in [0, 0.05) is 48.2 Å². The third kappa shape index (κ3) is 4.35. The van der Waals surface area contributed by atoms with Gasteiger partial charge < -0.3 is 11.1 Å². The molecule has 1 aromatic carbocycles. The summed E-state index contributed by atoms with van der Waals surface area (Å²) in [4.78, 5) is 21.2. The fourth-order valence-electron chi connectivity index (χ4n) is 2.90. The molecule has 7 heteroatoms. The van der Waals surface area contributed by atoms with Crippen LogP contribution in [-0.2, 0) is 13.5 Å². The first-order valence-electron chi connectivity index (χ1n) is 8.68. The van der Waals surface area contributed by atoms with Gasteiger partial charge in [-0.1, -0.05) is 29.8 Å². The molecule has 3 N–H and O–H groups in total. The van der Waals surface area contributed by atoms with E-state index in [-0.39, 0.29) is 11.6 Å². The smallest absolute Gasteiger partial charge is 0.258 e. The maximum Gasteiger partial charge on any atom is 0.258 e. The summed E-state index contributed by atoms with van der Waals surface area (Å²) in [6, 6.07) is 11.1. The lowest BCUT2D eigenvalue weighted by Gasteiger charge is -2.17. The first kappa shape index (κ1) is 19.1. The summed E-state index contributed by atoms with van der Waals surface area (Å²) in [6.45, 7) is 2.24. The maximum absolute atomic E-state index is 12.6. The van der Waals surface area contributed by atoms with E-state index in [1.807, 2.05) is 36.4 Å². The van der Waals surface area contributed by atoms with Gasteiger partial charge in [-0.05, 0) is 37.1 Å². The van der Waals surface area contributed by atoms with Gasteiger partial charge in [0.05, 0.1) is 5.69 Å². The Hall–Kier alpha value is -2.70. The number of hydrogen-bond acceptors (Lipinski definition) is 5. The average molecular weight is 384 g/mol. The van der Waals surface area contributed by atoms with Crippen LogP contribution in [0.25, 0.3) is 11.3 Å². The van der Waals surface area contributed by atoms with Crippen molar-refractivity contribution in [2.45, 2.75) is 19.4 Å². The summed E-state index contributed by atoms with van der Waals surface area (Å²) in [6.07, 6.45) is 3.99. The highest BCUT2D eigenvalue weighted by molar-refractivity contribution is 6.31. The Labute approximate surface area is 163 Å². The van der Waals surface area contributed by atoms with E-state index in [1.165, 1.54) is 4.57 Å². The van der Waals surface area contributed by atoms with Crippen molar-refractivity contribution in [3.63, 3.8) is 0 Å². The van der Waals surface area contributed by atoms with Crippen LogP contribution in [0.5, 0.6) is 0 Å². The van der Waals surface area contributed by atoms with E-state index >= 15 is 0 Å². The third-order valence-corrected chi connectivity index (χ3v) is 4.80. The molecule has 0 aliphatic carbocycles. The number of pyridine rings is 1. The van der Waals surface area contributed by atoms with Gasteiger partial charge in [0.1, 0.15) is 0 Å². The van der Waals surface area contributed by atoms with E-state index in [0.29, 0.717) is 35.2 Å². The predicted molar refractivity (Wildman–Crippen MR) is 109 cm³/mol. The summed E-state index contributed by atoms with van der Waals surface area (Å²) in [5, 5.41) is 3.90. The largest absolute Gasteiger partial charge is 0.354 e. The van der Waals surface area contributed by atoms with Crippen molar-refractivity contribution in [2.75, 3.05) is 11.9 Å². The zero-order chi connectivity index (χ0) is 19.4. The Bertz CT molecular complexity index is 987. The third-order valence-electron chi connectivity index (χ3n) is 4.43. The van der Waals surface area contributed by atoms with Crippen LogP contribution in [0.2, 0.25) is 5.02 Å². The highest BCUT2D eigenvalue weighted by Gasteiger charge is 2.14. The Morgan fingerprint density at radius 3 is 2.63 bits per heavy atom. The summed E-state index contributed by atoms with van der Waals surface area (Å²) in [7, 11) is 1.70. The lowest BCUT2D eigenvalue weighted by molar-refractivity contribution is 0.687. The number of hydrogen-bond donors (Lipinski definition) is 2. The van der Waals surface area contributed by atoms with Crippen LogP contribution in [0.3, 0.4) is 0 Å². The Balaban J connectivity index is 1.80. The molecule has 2 aromatic heterocycles. The minimum absolute atomic E-state index is 0.0982. The molecule has 0 radical (unpaired) electrons. The number of rotatable bonds is 6. The molecular formula is C20H22ClN5O. The normalized spacial score (nSPS) is 12.0. The van der Waals surface area contributed by atoms with Crippen molar-refractivity contribution in [2.24, 2.45) is 12.8 Å². The minimum atomic E-state index is -0.174. The summed E-state index contributed by atoms with van der Waals surface area (Å²) < 4.78 is 1.50. The Morgan fingerprint density at radius 2 is 1.93 bits per heavy atom. The number of nitrogens with zero attached hydrogens (tertiary/aromatic N) is 3. The van der Waals surface area contributed by atoms with Crippen molar-refractivity contribution in [1.29, 1.82) is 0 Å². The molecule has 0 spiro atoms. The summed E-state index contributed by atoms with van der Waals surface area (Å²) in [5.41, 5.74) is 9.23. The lowest BCUT2D eigenvalue weighted by atomic mass is 10.1.